The monoisotopic (exact) mass is 399 g/mol. The highest BCUT2D eigenvalue weighted by molar-refractivity contribution is 6.30. The van der Waals surface area contributed by atoms with Crippen LogP contribution in [0.4, 0.5) is 10.1 Å². The van der Waals surface area contributed by atoms with Gasteiger partial charge in [-0.3, -0.25) is 0 Å². The molecule has 0 atom stereocenters. The summed E-state index contributed by atoms with van der Waals surface area (Å²) in [6.45, 7) is 2.46. The Balaban J connectivity index is 1.75. The summed E-state index contributed by atoms with van der Waals surface area (Å²) in [7, 11) is 0. The maximum atomic E-state index is 13.0. The molecule has 3 aromatic rings. The van der Waals surface area contributed by atoms with E-state index < -0.39 is 5.97 Å². The molecular weight excluding hydrogens is 381 g/mol. The lowest BCUT2D eigenvalue weighted by Crippen LogP contribution is -2.07. The summed E-state index contributed by atoms with van der Waals surface area (Å²) >= 11 is 6.13. The molecule has 0 unspecified atom stereocenters. The lowest BCUT2D eigenvalue weighted by Gasteiger charge is -2.15. The molecule has 0 amide bonds. The van der Waals surface area contributed by atoms with E-state index in [0.717, 1.165) is 16.8 Å². The molecule has 2 N–H and O–H groups in total. The molecule has 0 saturated heterocycles. The molecule has 3 rings (SSSR count). The minimum absolute atomic E-state index is 0.254. The largest absolute Gasteiger partial charge is 0.489 e. The predicted molar refractivity (Wildman–Crippen MR) is 108 cm³/mol. The number of hydrogen-bond acceptors (Lipinski definition) is 3. The number of benzene rings is 3. The fraction of sp³-hybridized carbons (Fsp3) is 0.136. The first-order valence-electron chi connectivity index (χ1n) is 8.66. The second kappa shape index (κ2) is 8.76. The van der Waals surface area contributed by atoms with Crippen molar-refractivity contribution in [1.82, 2.24) is 0 Å². The van der Waals surface area contributed by atoms with Gasteiger partial charge in [-0.2, -0.15) is 0 Å². The topological polar surface area (TPSA) is 58.6 Å². The van der Waals surface area contributed by atoms with Crippen molar-refractivity contribution in [1.29, 1.82) is 0 Å². The number of anilines is 1. The molecular formula is C22H19ClFNO3. The summed E-state index contributed by atoms with van der Waals surface area (Å²) in [4.78, 5) is 11.3. The van der Waals surface area contributed by atoms with Gasteiger partial charge in [-0.1, -0.05) is 29.8 Å². The Hall–Kier alpha value is -3.05. The fourth-order valence-electron chi connectivity index (χ4n) is 2.82. The number of nitrogens with one attached hydrogen (secondary N) is 1. The van der Waals surface area contributed by atoms with Gasteiger partial charge in [-0.15, -0.1) is 0 Å². The molecule has 4 nitrogen and oxygen atoms in total. The van der Waals surface area contributed by atoms with Gasteiger partial charge in [0.15, 0.2) is 0 Å². The molecule has 0 aliphatic rings. The SMILES string of the molecule is Cc1c(NCc2cc(Cl)ccc2OCc2ccc(F)cc2)cccc1C(=O)O. The number of halogens is 2. The fourth-order valence-corrected chi connectivity index (χ4v) is 3.01. The number of carbonyl (C=O) groups is 1. The van der Waals surface area contributed by atoms with Crippen LogP contribution in [0.1, 0.15) is 27.0 Å². The van der Waals surface area contributed by atoms with Crippen LogP contribution in [0.3, 0.4) is 0 Å². The third kappa shape index (κ3) is 4.81. The zero-order chi connectivity index (χ0) is 20.1. The maximum absolute atomic E-state index is 13.0. The van der Waals surface area contributed by atoms with Crippen molar-refractivity contribution >= 4 is 23.3 Å². The number of hydrogen-bond donors (Lipinski definition) is 2. The van der Waals surface area contributed by atoms with Gasteiger partial charge >= 0.3 is 5.97 Å². The normalized spacial score (nSPS) is 10.5. The number of aromatic carboxylic acids is 1. The van der Waals surface area contributed by atoms with Crippen LogP contribution in [0.15, 0.2) is 60.7 Å². The van der Waals surface area contributed by atoms with Crippen molar-refractivity contribution in [3.63, 3.8) is 0 Å². The number of carboxylic acid groups (broad SMARTS) is 1. The van der Waals surface area contributed by atoms with Gasteiger partial charge in [0.05, 0.1) is 5.56 Å². The average molecular weight is 400 g/mol. The summed E-state index contributed by atoms with van der Waals surface area (Å²) in [5.41, 5.74) is 3.31. The molecule has 3 aromatic carbocycles. The van der Waals surface area contributed by atoms with Gasteiger partial charge in [0.2, 0.25) is 0 Å². The molecule has 0 heterocycles. The number of rotatable bonds is 7. The van der Waals surface area contributed by atoms with Gasteiger partial charge < -0.3 is 15.2 Å². The molecule has 0 bridgehead atoms. The van der Waals surface area contributed by atoms with E-state index >= 15 is 0 Å². The molecule has 144 valence electrons. The summed E-state index contributed by atoms with van der Waals surface area (Å²) in [5, 5.41) is 13.1. The third-order valence-corrected chi connectivity index (χ3v) is 4.60. The first-order chi connectivity index (χ1) is 13.4. The highest BCUT2D eigenvalue weighted by Crippen LogP contribution is 2.26. The van der Waals surface area contributed by atoms with Gasteiger partial charge in [0, 0.05) is 22.8 Å². The van der Waals surface area contributed by atoms with E-state index in [1.54, 1.807) is 49.4 Å². The van der Waals surface area contributed by atoms with Crippen molar-refractivity contribution in [2.75, 3.05) is 5.32 Å². The molecule has 0 spiro atoms. The Labute approximate surface area is 167 Å². The van der Waals surface area contributed by atoms with E-state index in [1.807, 2.05) is 6.07 Å². The number of carboxylic acids is 1. The minimum Gasteiger partial charge on any atom is -0.489 e. The van der Waals surface area contributed by atoms with E-state index in [4.69, 9.17) is 16.3 Å². The predicted octanol–water partition coefficient (Wildman–Crippen LogP) is 5.68. The smallest absolute Gasteiger partial charge is 0.336 e. The zero-order valence-electron chi connectivity index (χ0n) is 15.2. The molecule has 0 fully saturated rings. The first kappa shape index (κ1) is 19.7. The molecule has 0 saturated carbocycles. The van der Waals surface area contributed by atoms with Crippen LogP contribution in [-0.2, 0) is 13.2 Å². The van der Waals surface area contributed by atoms with E-state index in [9.17, 15) is 14.3 Å². The Morgan fingerprint density at radius 2 is 1.89 bits per heavy atom. The van der Waals surface area contributed by atoms with E-state index in [1.165, 1.54) is 12.1 Å². The van der Waals surface area contributed by atoms with Crippen LogP contribution >= 0.6 is 11.6 Å². The Morgan fingerprint density at radius 1 is 1.14 bits per heavy atom. The summed E-state index contributed by atoms with van der Waals surface area (Å²) < 4.78 is 18.9. The van der Waals surface area contributed by atoms with Gasteiger partial charge in [-0.25, -0.2) is 9.18 Å². The lowest BCUT2D eigenvalue weighted by atomic mass is 10.1. The minimum atomic E-state index is -0.966. The van der Waals surface area contributed by atoms with E-state index in [0.29, 0.717) is 29.5 Å². The molecule has 0 aromatic heterocycles. The molecule has 0 aliphatic carbocycles. The highest BCUT2D eigenvalue weighted by atomic mass is 35.5. The lowest BCUT2D eigenvalue weighted by molar-refractivity contribution is 0.0696. The molecule has 0 radical (unpaired) electrons. The van der Waals surface area contributed by atoms with Crippen LogP contribution in [0.25, 0.3) is 0 Å². The van der Waals surface area contributed by atoms with Crippen molar-refractivity contribution in [3.8, 4) is 5.75 Å². The Kier molecular flexibility index (Phi) is 6.16. The van der Waals surface area contributed by atoms with Crippen LogP contribution in [0.2, 0.25) is 5.02 Å². The van der Waals surface area contributed by atoms with Crippen LogP contribution in [0, 0.1) is 12.7 Å². The Bertz CT molecular complexity index is 990. The van der Waals surface area contributed by atoms with Crippen LogP contribution in [0.5, 0.6) is 5.75 Å². The molecule has 0 aliphatic heterocycles. The molecule has 28 heavy (non-hydrogen) atoms. The van der Waals surface area contributed by atoms with Gasteiger partial charge in [0.25, 0.3) is 0 Å². The third-order valence-electron chi connectivity index (χ3n) is 4.36. The van der Waals surface area contributed by atoms with Crippen molar-refractivity contribution in [2.45, 2.75) is 20.1 Å². The van der Waals surface area contributed by atoms with Crippen LogP contribution < -0.4 is 10.1 Å². The number of ether oxygens (including phenoxy) is 1. The van der Waals surface area contributed by atoms with Crippen molar-refractivity contribution in [3.05, 3.63) is 93.8 Å². The summed E-state index contributed by atoms with van der Waals surface area (Å²) in [5.74, 6) is -0.611. The Morgan fingerprint density at radius 3 is 2.61 bits per heavy atom. The standard InChI is InChI=1S/C22H19ClFNO3/c1-14-19(22(26)27)3-2-4-20(14)25-12-16-11-17(23)7-10-21(16)28-13-15-5-8-18(24)9-6-15/h2-11,25H,12-13H2,1H3,(H,26,27). The van der Waals surface area contributed by atoms with Crippen LogP contribution in [-0.4, -0.2) is 11.1 Å². The van der Waals surface area contributed by atoms with Gasteiger partial charge in [-0.05, 0) is 60.5 Å². The summed E-state index contributed by atoms with van der Waals surface area (Å²) in [6.07, 6.45) is 0. The summed E-state index contributed by atoms with van der Waals surface area (Å²) in [6, 6.07) is 16.5. The maximum Gasteiger partial charge on any atom is 0.336 e. The van der Waals surface area contributed by atoms with E-state index in [2.05, 4.69) is 5.32 Å². The quantitative estimate of drug-likeness (QED) is 0.536. The van der Waals surface area contributed by atoms with Crippen molar-refractivity contribution < 1.29 is 19.0 Å². The van der Waals surface area contributed by atoms with Crippen molar-refractivity contribution in [2.24, 2.45) is 0 Å². The second-order valence-electron chi connectivity index (χ2n) is 6.30. The first-order valence-corrected chi connectivity index (χ1v) is 9.04. The highest BCUT2D eigenvalue weighted by Gasteiger charge is 2.11. The van der Waals surface area contributed by atoms with Gasteiger partial charge in [0.1, 0.15) is 18.2 Å². The zero-order valence-corrected chi connectivity index (χ0v) is 16.0. The second-order valence-corrected chi connectivity index (χ2v) is 6.74. The van der Waals surface area contributed by atoms with E-state index in [-0.39, 0.29) is 11.4 Å². The molecule has 6 heteroatoms. The average Bonchev–Trinajstić information content (AvgIpc) is 2.67.